The highest BCUT2D eigenvalue weighted by Crippen LogP contribution is 2.00. The number of ether oxygens (including phenoxy) is 1. The van der Waals surface area contributed by atoms with E-state index in [1.165, 1.54) is 0 Å². The molecule has 0 rings (SSSR count). The molecule has 0 atom stereocenters. The van der Waals surface area contributed by atoms with E-state index in [0.717, 1.165) is 25.7 Å². The molecule has 0 radical (unpaired) electrons. The highest BCUT2D eigenvalue weighted by molar-refractivity contribution is 5.36. The minimum Gasteiger partial charge on any atom is -0.468 e. The normalized spacial score (nSPS) is 10.4. The zero-order chi connectivity index (χ0) is 9.94. The second kappa shape index (κ2) is 9.40. The fourth-order valence-corrected chi connectivity index (χ4v) is 0.835. The van der Waals surface area contributed by atoms with E-state index < -0.39 is 0 Å². The number of rotatable bonds is 9. The topological polar surface area (TPSA) is 79.2 Å². The lowest BCUT2D eigenvalue weighted by Crippen LogP contribution is -2.14. The zero-order valence-electron chi connectivity index (χ0n) is 7.39. The Balaban J connectivity index is 2.87. The molecule has 0 saturated carbocycles. The van der Waals surface area contributed by atoms with Crippen LogP contribution in [-0.4, -0.2) is 35.5 Å². The number of carbonyl (C=O) groups is 1. The molecule has 13 heavy (non-hydrogen) atoms. The molecule has 0 aliphatic carbocycles. The van der Waals surface area contributed by atoms with Crippen LogP contribution in [0.3, 0.4) is 0 Å². The summed E-state index contributed by atoms with van der Waals surface area (Å²) in [5.74, 6) is 0. The minimum atomic E-state index is -0.296. The molecule has 0 aliphatic heterocycles. The standard InChI is InChI=1S/C7H15NO5/c9-7-12-5-3-1-2-4-6-13-8(10)11/h7,10-11H,1-6H2. The molecule has 0 fully saturated rings. The van der Waals surface area contributed by atoms with Crippen LogP contribution in [0.5, 0.6) is 0 Å². The summed E-state index contributed by atoms with van der Waals surface area (Å²) in [5.41, 5.74) is 0. The van der Waals surface area contributed by atoms with Crippen molar-refractivity contribution in [2.75, 3.05) is 13.2 Å². The summed E-state index contributed by atoms with van der Waals surface area (Å²) in [5, 5.41) is 16.0. The summed E-state index contributed by atoms with van der Waals surface area (Å²) >= 11 is 0. The number of carbonyl (C=O) groups excluding carboxylic acids is 1. The van der Waals surface area contributed by atoms with Gasteiger partial charge < -0.3 is 4.74 Å². The molecular weight excluding hydrogens is 178 g/mol. The molecule has 0 saturated heterocycles. The Morgan fingerprint density at radius 2 is 1.69 bits per heavy atom. The Bertz CT molecular complexity index is 119. The molecule has 6 heteroatoms. The molecule has 0 unspecified atom stereocenters. The van der Waals surface area contributed by atoms with Crippen LogP contribution in [0, 0.1) is 0 Å². The van der Waals surface area contributed by atoms with Crippen molar-refractivity contribution in [1.29, 1.82) is 0 Å². The van der Waals surface area contributed by atoms with Crippen LogP contribution < -0.4 is 0 Å². The smallest absolute Gasteiger partial charge is 0.293 e. The fraction of sp³-hybridized carbons (Fsp3) is 0.857. The van der Waals surface area contributed by atoms with Gasteiger partial charge in [-0.3, -0.25) is 20.0 Å². The minimum absolute atomic E-state index is 0.265. The van der Waals surface area contributed by atoms with Crippen molar-refractivity contribution >= 4 is 6.47 Å². The van der Waals surface area contributed by atoms with Crippen molar-refractivity contribution in [3.8, 4) is 0 Å². The molecule has 0 aromatic carbocycles. The van der Waals surface area contributed by atoms with Crippen LogP contribution in [0.1, 0.15) is 25.7 Å². The van der Waals surface area contributed by atoms with Crippen LogP contribution >= 0.6 is 0 Å². The number of hydrogen-bond acceptors (Lipinski definition) is 6. The van der Waals surface area contributed by atoms with E-state index in [9.17, 15) is 4.79 Å². The maximum absolute atomic E-state index is 9.71. The van der Waals surface area contributed by atoms with E-state index in [0.29, 0.717) is 13.1 Å². The van der Waals surface area contributed by atoms with E-state index in [-0.39, 0.29) is 12.0 Å². The highest BCUT2D eigenvalue weighted by atomic mass is 17.1. The summed E-state index contributed by atoms with van der Waals surface area (Å²) in [6, 6.07) is 0. The van der Waals surface area contributed by atoms with Gasteiger partial charge in [0.05, 0.1) is 18.6 Å². The maximum Gasteiger partial charge on any atom is 0.293 e. The third-order valence-electron chi connectivity index (χ3n) is 1.43. The van der Waals surface area contributed by atoms with E-state index in [4.69, 9.17) is 10.4 Å². The molecule has 0 bridgehead atoms. The lowest BCUT2D eigenvalue weighted by atomic mass is 10.2. The average molecular weight is 193 g/mol. The van der Waals surface area contributed by atoms with Crippen LogP contribution in [-0.2, 0) is 14.4 Å². The number of unbranched alkanes of at least 4 members (excludes halogenated alkanes) is 3. The molecule has 0 aromatic heterocycles. The van der Waals surface area contributed by atoms with Gasteiger partial charge in [0.1, 0.15) is 0 Å². The van der Waals surface area contributed by atoms with Gasteiger partial charge in [-0.05, 0) is 19.3 Å². The lowest BCUT2D eigenvalue weighted by Gasteiger charge is -2.05. The monoisotopic (exact) mass is 193 g/mol. The third-order valence-corrected chi connectivity index (χ3v) is 1.43. The molecule has 0 amide bonds. The highest BCUT2D eigenvalue weighted by Gasteiger charge is 1.94. The Morgan fingerprint density at radius 1 is 1.08 bits per heavy atom. The maximum atomic E-state index is 9.71. The molecule has 6 nitrogen and oxygen atoms in total. The zero-order valence-corrected chi connectivity index (χ0v) is 7.39. The first-order valence-corrected chi connectivity index (χ1v) is 4.13. The van der Waals surface area contributed by atoms with Gasteiger partial charge in [-0.2, -0.15) is 0 Å². The molecule has 0 aromatic rings. The summed E-state index contributed by atoms with van der Waals surface area (Å²) < 4.78 is 4.48. The van der Waals surface area contributed by atoms with Crippen LogP contribution in [0.4, 0.5) is 0 Å². The van der Waals surface area contributed by atoms with Crippen molar-refractivity contribution in [3.05, 3.63) is 0 Å². The average Bonchev–Trinajstić information content (AvgIpc) is 2.09. The van der Waals surface area contributed by atoms with Crippen molar-refractivity contribution in [2.24, 2.45) is 0 Å². The Morgan fingerprint density at radius 3 is 2.23 bits per heavy atom. The second-order valence-electron chi connectivity index (χ2n) is 2.47. The van der Waals surface area contributed by atoms with Gasteiger partial charge in [0, 0.05) is 0 Å². The quantitative estimate of drug-likeness (QED) is 0.319. The molecule has 0 spiro atoms. The second-order valence-corrected chi connectivity index (χ2v) is 2.47. The van der Waals surface area contributed by atoms with Gasteiger partial charge in [-0.25, -0.2) is 0 Å². The van der Waals surface area contributed by atoms with Gasteiger partial charge in [-0.1, -0.05) is 6.42 Å². The Kier molecular flexibility index (Phi) is 8.90. The number of hydrogen-bond donors (Lipinski definition) is 2. The molecular formula is C7H15NO5. The van der Waals surface area contributed by atoms with E-state index in [2.05, 4.69) is 9.57 Å². The van der Waals surface area contributed by atoms with Crippen LogP contribution in [0.15, 0.2) is 0 Å². The first-order valence-electron chi connectivity index (χ1n) is 4.13. The predicted octanol–water partition coefficient (Wildman–Crippen LogP) is 0.732. The summed E-state index contributed by atoms with van der Waals surface area (Å²) in [4.78, 5) is 14.0. The van der Waals surface area contributed by atoms with Crippen molar-refractivity contribution in [3.63, 3.8) is 0 Å². The van der Waals surface area contributed by atoms with Gasteiger partial charge >= 0.3 is 0 Å². The summed E-state index contributed by atoms with van der Waals surface area (Å²) in [7, 11) is 0. The van der Waals surface area contributed by atoms with Crippen molar-refractivity contribution < 1.29 is 24.8 Å². The van der Waals surface area contributed by atoms with Gasteiger partial charge in [0.2, 0.25) is 0 Å². The molecule has 78 valence electrons. The third kappa shape index (κ3) is 11.3. The van der Waals surface area contributed by atoms with Crippen LogP contribution in [0.25, 0.3) is 0 Å². The summed E-state index contributed by atoms with van der Waals surface area (Å²) in [6.07, 6.45) is 3.38. The Labute approximate surface area is 76.5 Å². The van der Waals surface area contributed by atoms with Gasteiger partial charge in [0.25, 0.3) is 6.47 Å². The summed E-state index contributed by atoms with van der Waals surface area (Å²) in [6.45, 7) is 1.14. The van der Waals surface area contributed by atoms with Gasteiger partial charge in [-0.15, -0.1) is 0 Å². The fourth-order valence-electron chi connectivity index (χ4n) is 0.835. The van der Waals surface area contributed by atoms with Crippen molar-refractivity contribution in [2.45, 2.75) is 25.7 Å². The SMILES string of the molecule is O=COCCCCCCON(O)O. The predicted molar refractivity (Wildman–Crippen MR) is 41.8 cm³/mol. The molecule has 0 aliphatic rings. The first-order chi connectivity index (χ1) is 6.27. The van der Waals surface area contributed by atoms with Crippen molar-refractivity contribution in [1.82, 2.24) is 5.39 Å². The van der Waals surface area contributed by atoms with Crippen LogP contribution in [0.2, 0.25) is 0 Å². The van der Waals surface area contributed by atoms with E-state index in [1.807, 2.05) is 0 Å². The molecule has 2 N–H and O–H groups in total. The molecule has 0 heterocycles. The Hall–Kier alpha value is -0.690. The lowest BCUT2D eigenvalue weighted by molar-refractivity contribution is -0.492. The number of nitrogens with zero attached hydrogens (tertiary/aromatic N) is 1. The largest absolute Gasteiger partial charge is 0.468 e. The first kappa shape index (κ1) is 12.3. The van der Waals surface area contributed by atoms with E-state index in [1.54, 1.807) is 0 Å². The van der Waals surface area contributed by atoms with Gasteiger partial charge in [0.15, 0.2) is 0 Å². The van der Waals surface area contributed by atoms with E-state index >= 15 is 0 Å².